The van der Waals surface area contributed by atoms with Gasteiger partial charge in [-0.05, 0) is 48.9 Å². The number of halogens is 1. The van der Waals surface area contributed by atoms with Crippen molar-refractivity contribution < 1.29 is 13.2 Å². The summed E-state index contributed by atoms with van der Waals surface area (Å²) in [6, 6.07) is 11.1. The van der Waals surface area contributed by atoms with Gasteiger partial charge in [0.25, 0.3) is 10.0 Å². The van der Waals surface area contributed by atoms with Gasteiger partial charge in [0.2, 0.25) is 5.91 Å². The van der Waals surface area contributed by atoms with Gasteiger partial charge in [-0.1, -0.05) is 23.7 Å². The van der Waals surface area contributed by atoms with Gasteiger partial charge in [-0.25, -0.2) is 8.42 Å². The first kappa shape index (κ1) is 20.4. The van der Waals surface area contributed by atoms with E-state index in [1.807, 2.05) is 0 Å². The van der Waals surface area contributed by atoms with Gasteiger partial charge in [-0.2, -0.15) is 0 Å². The Balaban J connectivity index is 2.18. The molecule has 0 unspecified atom stereocenters. The molecule has 0 bridgehead atoms. The molecular weight excluding hydrogens is 392 g/mol. The van der Waals surface area contributed by atoms with Crippen LogP contribution in [-0.4, -0.2) is 25.8 Å². The summed E-state index contributed by atoms with van der Waals surface area (Å²) in [6.45, 7) is 5.29. The summed E-state index contributed by atoms with van der Waals surface area (Å²) in [5.74, 6) is 0.742. The van der Waals surface area contributed by atoms with E-state index in [1.165, 1.54) is 17.8 Å². The van der Waals surface area contributed by atoms with Gasteiger partial charge in [-0.15, -0.1) is 18.3 Å². The summed E-state index contributed by atoms with van der Waals surface area (Å²) in [5.41, 5.74) is 1.41. The van der Waals surface area contributed by atoms with Gasteiger partial charge in [0.05, 0.1) is 10.6 Å². The molecular formula is C18H19ClN2O3S2. The van der Waals surface area contributed by atoms with Crippen LogP contribution in [0.4, 0.5) is 11.4 Å². The highest BCUT2D eigenvalue weighted by Gasteiger charge is 2.18. The number of nitrogens with one attached hydrogen (secondary N) is 2. The lowest BCUT2D eigenvalue weighted by atomic mass is 10.2. The maximum Gasteiger partial charge on any atom is 0.262 e. The molecule has 0 fully saturated rings. The molecule has 0 aliphatic carbocycles. The second kappa shape index (κ2) is 9.12. The Morgan fingerprint density at radius 1 is 1.19 bits per heavy atom. The first-order chi connectivity index (χ1) is 12.3. The normalized spacial score (nSPS) is 11.0. The number of thioether (sulfide) groups is 1. The highest BCUT2D eigenvalue weighted by Crippen LogP contribution is 2.24. The summed E-state index contributed by atoms with van der Waals surface area (Å²) in [6.07, 6.45) is 1.72. The van der Waals surface area contributed by atoms with Crippen LogP contribution in [0.5, 0.6) is 0 Å². The largest absolute Gasteiger partial charge is 0.325 e. The van der Waals surface area contributed by atoms with E-state index in [-0.39, 0.29) is 16.6 Å². The Kier molecular flexibility index (Phi) is 7.14. The fraction of sp³-hybridized carbons (Fsp3) is 0.167. The highest BCUT2D eigenvalue weighted by atomic mass is 35.5. The van der Waals surface area contributed by atoms with E-state index in [2.05, 4.69) is 16.6 Å². The Morgan fingerprint density at radius 3 is 2.50 bits per heavy atom. The number of sulfonamides is 1. The summed E-state index contributed by atoms with van der Waals surface area (Å²) in [4.78, 5) is 12.0. The number of hydrogen-bond donors (Lipinski definition) is 2. The van der Waals surface area contributed by atoms with E-state index >= 15 is 0 Å². The fourth-order valence-electron chi connectivity index (χ4n) is 2.13. The van der Waals surface area contributed by atoms with Crippen LogP contribution in [0, 0.1) is 6.92 Å². The SMILES string of the molecule is C=CCSCC(=O)Nc1ccc(C)c(S(=O)(=O)Nc2ccc(Cl)cc2)c1. The molecule has 0 aliphatic heterocycles. The minimum absolute atomic E-state index is 0.101. The first-order valence-corrected chi connectivity index (χ1v) is 10.7. The molecule has 2 rings (SSSR count). The Morgan fingerprint density at radius 2 is 1.85 bits per heavy atom. The van der Waals surface area contributed by atoms with Gasteiger partial charge in [0, 0.05) is 22.2 Å². The first-order valence-electron chi connectivity index (χ1n) is 7.69. The van der Waals surface area contributed by atoms with Crippen LogP contribution in [0.15, 0.2) is 60.0 Å². The van der Waals surface area contributed by atoms with Crippen LogP contribution in [0.3, 0.4) is 0 Å². The number of carbonyl (C=O) groups is 1. The molecule has 0 spiro atoms. The molecule has 0 atom stereocenters. The molecule has 0 aromatic heterocycles. The van der Waals surface area contributed by atoms with Crippen molar-refractivity contribution in [1.82, 2.24) is 0 Å². The molecule has 1 amide bonds. The van der Waals surface area contributed by atoms with Crippen molar-refractivity contribution in [3.63, 3.8) is 0 Å². The second-order valence-corrected chi connectivity index (χ2v) is 8.56. The maximum atomic E-state index is 12.7. The van der Waals surface area contributed by atoms with Crippen molar-refractivity contribution in [2.75, 3.05) is 21.5 Å². The molecule has 0 aliphatic rings. The van der Waals surface area contributed by atoms with E-state index in [0.717, 1.165) is 0 Å². The lowest BCUT2D eigenvalue weighted by molar-refractivity contribution is -0.113. The number of anilines is 2. The van der Waals surface area contributed by atoms with Gasteiger partial charge < -0.3 is 5.32 Å². The summed E-state index contributed by atoms with van der Waals surface area (Å²) < 4.78 is 27.9. The number of carbonyl (C=O) groups excluding carboxylic acids is 1. The summed E-state index contributed by atoms with van der Waals surface area (Å²) in [5, 5.41) is 3.22. The highest BCUT2D eigenvalue weighted by molar-refractivity contribution is 8.00. The van der Waals surface area contributed by atoms with E-state index in [9.17, 15) is 13.2 Å². The minimum atomic E-state index is -3.80. The molecule has 8 heteroatoms. The molecule has 0 heterocycles. The van der Waals surface area contributed by atoms with E-state index in [0.29, 0.717) is 27.7 Å². The minimum Gasteiger partial charge on any atom is -0.325 e. The molecule has 26 heavy (non-hydrogen) atoms. The van der Waals surface area contributed by atoms with Crippen molar-refractivity contribution in [2.45, 2.75) is 11.8 Å². The van der Waals surface area contributed by atoms with Crippen LogP contribution in [-0.2, 0) is 14.8 Å². The van der Waals surface area contributed by atoms with E-state index in [4.69, 9.17) is 11.6 Å². The standard InChI is InChI=1S/C18H19ClN2O3S2/c1-3-10-25-12-18(22)20-16-7-4-13(2)17(11-16)26(23,24)21-15-8-5-14(19)6-9-15/h3-9,11,21H,1,10,12H2,2H3,(H,20,22). The zero-order valence-corrected chi connectivity index (χ0v) is 16.5. The number of benzene rings is 2. The smallest absolute Gasteiger partial charge is 0.262 e. The number of amides is 1. The Hall–Kier alpha value is -1.96. The third-order valence-corrected chi connectivity index (χ3v) is 6.04. The fourth-order valence-corrected chi connectivity index (χ4v) is 4.13. The zero-order chi connectivity index (χ0) is 19.2. The van der Waals surface area contributed by atoms with Gasteiger partial charge >= 0.3 is 0 Å². The third-order valence-electron chi connectivity index (χ3n) is 3.33. The van der Waals surface area contributed by atoms with Gasteiger partial charge in [0.15, 0.2) is 0 Å². The van der Waals surface area contributed by atoms with Crippen molar-refractivity contribution in [2.24, 2.45) is 0 Å². The number of rotatable bonds is 8. The van der Waals surface area contributed by atoms with E-state index in [1.54, 1.807) is 49.4 Å². The van der Waals surface area contributed by atoms with Crippen LogP contribution < -0.4 is 10.0 Å². The molecule has 2 N–H and O–H groups in total. The number of hydrogen-bond acceptors (Lipinski definition) is 4. The van der Waals surface area contributed by atoms with Crippen molar-refractivity contribution >= 4 is 50.7 Å². The quantitative estimate of drug-likeness (QED) is 0.502. The predicted octanol–water partition coefficient (Wildman–Crippen LogP) is 4.31. The lowest BCUT2D eigenvalue weighted by Gasteiger charge is -2.13. The van der Waals surface area contributed by atoms with Gasteiger partial charge in [0.1, 0.15) is 0 Å². The third kappa shape index (κ3) is 5.79. The zero-order valence-electron chi connectivity index (χ0n) is 14.2. The van der Waals surface area contributed by atoms with Crippen molar-refractivity contribution in [3.05, 3.63) is 65.7 Å². The van der Waals surface area contributed by atoms with Crippen LogP contribution >= 0.6 is 23.4 Å². The molecule has 2 aromatic rings. The molecule has 138 valence electrons. The molecule has 5 nitrogen and oxygen atoms in total. The Labute approximate surface area is 162 Å². The van der Waals surface area contributed by atoms with Crippen molar-refractivity contribution in [1.29, 1.82) is 0 Å². The molecule has 0 saturated carbocycles. The molecule has 0 saturated heterocycles. The molecule has 0 radical (unpaired) electrons. The summed E-state index contributed by atoms with van der Waals surface area (Å²) in [7, 11) is -3.80. The van der Waals surface area contributed by atoms with Crippen LogP contribution in [0.25, 0.3) is 0 Å². The summed E-state index contributed by atoms with van der Waals surface area (Å²) >= 11 is 7.24. The van der Waals surface area contributed by atoms with Crippen molar-refractivity contribution in [3.8, 4) is 0 Å². The topological polar surface area (TPSA) is 75.3 Å². The van der Waals surface area contributed by atoms with Crippen LogP contribution in [0.2, 0.25) is 5.02 Å². The second-order valence-electron chi connectivity index (χ2n) is 5.44. The average molecular weight is 411 g/mol. The van der Waals surface area contributed by atoms with Gasteiger partial charge in [-0.3, -0.25) is 9.52 Å². The Bertz CT molecular complexity index is 897. The maximum absolute atomic E-state index is 12.7. The van der Waals surface area contributed by atoms with Crippen LogP contribution in [0.1, 0.15) is 5.56 Å². The van der Waals surface area contributed by atoms with E-state index < -0.39 is 10.0 Å². The number of aryl methyl sites for hydroxylation is 1. The monoisotopic (exact) mass is 410 g/mol. The molecule has 2 aromatic carbocycles. The predicted molar refractivity (Wildman–Crippen MR) is 110 cm³/mol. The lowest BCUT2D eigenvalue weighted by Crippen LogP contribution is -2.17. The average Bonchev–Trinajstić information content (AvgIpc) is 2.58.